The highest BCUT2D eigenvalue weighted by atomic mass is 16.6. The van der Waals surface area contributed by atoms with Crippen molar-refractivity contribution in [3.63, 3.8) is 0 Å². The van der Waals surface area contributed by atoms with Gasteiger partial charge in [-0.15, -0.1) is 0 Å². The number of hydrogen-bond donors (Lipinski definition) is 0. The number of amides is 1. The molecule has 0 N–H and O–H groups in total. The van der Waals surface area contributed by atoms with Crippen molar-refractivity contribution in [3.8, 4) is 0 Å². The highest BCUT2D eigenvalue weighted by Gasteiger charge is 2.27. The van der Waals surface area contributed by atoms with Gasteiger partial charge in [0.1, 0.15) is 5.60 Å². The van der Waals surface area contributed by atoms with E-state index >= 15 is 0 Å². The van der Waals surface area contributed by atoms with Crippen LogP contribution < -0.4 is 0 Å². The van der Waals surface area contributed by atoms with Crippen molar-refractivity contribution >= 4 is 11.8 Å². The van der Waals surface area contributed by atoms with E-state index in [1.807, 2.05) is 27.7 Å². The van der Waals surface area contributed by atoms with Gasteiger partial charge < -0.3 is 9.64 Å². The summed E-state index contributed by atoms with van der Waals surface area (Å²) in [6.45, 7) is 8.88. The Hall–Kier alpha value is -1.32. The highest BCUT2D eigenvalue weighted by Crippen LogP contribution is 2.17. The van der Waals surface area contributed by atoms with Gasteiger partial charge in [-0.3, -0.25) is 4.99 Å². The van der Waals surface area contributed by atoms with Crippen LogP contribution in [0.3, 0.4) is 0 Å². The Labute approximate surface area is 103 Å². The third kappa shape index (κ3) is 3.88. The number of ether oxygens (including phenoxy) is 1. The summed E-state index contributed by atoms with van der Waals surface area (Å²) in [5.74, 6) is 0. The molecular formula is C13H22N2O2. The minimum atomic E-state index is -0.443. The lowest BCUT2D eigenvalue weighted by molar-refractivity contribution is 0.0274. The number of hydrogen-bond acceptors (Lipinski definition) is 3. The first-order valence-electron chi connectivity index (χ1n) is 5.96. The lowest BCUT2D eigenvalue weighted by Gasteiger charge is -2.31. The highest BCUT2D eigenvalue weighted by molar-refractivity contribution is 6.03. The molecule has 0 radical (unpaired) electrons. The maximum absolute atomic E-state index is 11.9. The third-order valence-electron chi connectivity index (χ3n) is 2.63. The van der Waals surface area contributed by atoms with Gasteiger partial charge in [0.25, 0.3) is 0 Å². The topological polar surface area (TPSA) is 41.9 Å². The molecule has 0 aromatic rings. The van der Waals surface area contributed by atoms with E-state index in [2.05, 4.69) is 11.1 Å². The predicted molar refractivity (Wildman–Crippen MR) is 69.5 cm³/mol. The lowest BCUT2D eigenvalue weighted by atomic mass is 10.0. The Bertz CT molecular complexity index is 351. The summed E-state index contributed by atoms with van der Waals surface area (Å²) in [5, 5.41) is 0. The molecule has 0 aliphatic carbocycles. The van der Waals surface area contributed by atoms with E-state index in [1.54, 1.807) is 11.9 Å². The number of allylic oxidation sites excluding steroid dienone is 1. The normalized spacial score (nSPS) is 22.1. The van der Waals surface area contributed by atoms with Crippen LogP contribution in [0.15, 0.2) is 16.6 Å². The van der Waals surface area contributed by atoms with Crippen LogP contribution in [0.4, 0.5) is 4.79 Å². The van der Waals surface area contributed by atoms with Gasteiger partial charge in [-0.1, -0.05) is 6.08 Å². The van der Waals surface area contributed by atoms with Crippen molar-refractivity contribution in [2.24, 2.45) is 4.99 Å². The zero-order valence-electron chi connectivity index (χ0n) is 11.4. The van der Waals surface area contributed by atoms with E-state index in [9.17, 15) is 4.79 Å². The molecular weight excluding hydrogens is 216 g/mol. The number of rotatable bonds is 0. The van der Waals surface area contributed by atoms with Crippen LogP contribution in [0.1, 0.15) is 34.1 Å². The van der Waals surface area contributed by atoms with Gasteiger partial charge in [-0.2, -0.15) is 0 Å². The average molecular weight is 238 g/mol. The van der Waals surface area contributed by atoms with Crippen LogP contribution >= 0.6 is 0 Å². The number of nitrogens with zero attached hydrogens (tertiary/aromatic N) is 2. The molecule has 0 aromatic heterocycles. The van der Waals surface area contributed by atoms with Crippen molar-refractivity contribution in [1.82, 2.24) is 4.90 Å². The molecule has 0 atom stereocenters. The number of carbonyl (C=O) groups excluding carboxylic acids is 1. The number of likely N-dealkylation sites (tertiary alicyclic amines) is 1. The molecule has 1 rings (SSSR count). The van der Waals surface area contributed by atoms with Crippen LogP contribution in [0.2, 0.25) is 0 Å². The fourth-order valence-corrected chi connectivity index (χ4v) is 1.77. The molecule has 96 valence electrons. The second kappa shape index (κ2) is 5.34. The Morgan fingerprint density at radius 2 is 2.12 bits per heavy atom. The van der Waals surface area contributed by atoms with Gasteiger partial charge in [0.15, 0.2) is 0 Å². The standard InChI is InChI=1S/C13H22N2O2/c1-6-10-7-8-15(9-11(10)14-5)12(16)17-13(2,3)4/h6H,7-9H2,1-5H3/b10-6-,14-11?. The van der Waals surface area contributed by atoms with Crippen LogP contribution in [-0.4, -0.2) is 42.4 Å². The van der Waals surface area contributed by atoms with Crippen molar-refractivity contribution in [2.75, 3.05) is 20.1 Å². The van der Waals surface area contributed by atoms with Crippen molar-refractivity contribution in [2.45, 2.75) is 39.7 Å². The second-order valence-corrected chi connectivity index (χ2v) is 5.14. The first-order valence-corrected chi connectivity index (χ1v) is 5.96. The van der Waals surface area contributed by atoms with Crippen LogP contribution in [0.5, 0.6) is 0 Å². The summed E-state index contributed by atoms with van der Waals surface area (Å²) in [6, 6.07) is 0. The Morgan fingerprint density at radius 3 is 2.59 bits per heavy atom. The Kier molecular flexibility index (Phi) is 4.32. The van der Waals surface area contributed by atoms with E-state index in [0.717, 1.165) is 12.1 Å². The molecule has 1 aliphatic rings. The first kappa shape index (κ1) is 13.7. The molecule has 4 heteroatoms. The summed E-state index contributed by atoms with van der Waals surface area (Å²) >= 11 is 0. The maximum Gasteiger partial charge on any atom is 0.410 e. The minimum absolute atomic E-state index is 0.256. The van der Waals surface area contributed by atoms with Gasteiger partial charge in [0, 0.05) is 13.6 Å². The Balaban J connectivity index is 2.68. The molecule has 4 nitrogen and oxygen atoms in total. The third-order valence-corrected chi connectivity index (χ3v) is 2.63. The summed E-state index contributed by atoms with van der Waals surface area (Å²) in [6.07, 6.45) is 2.66. The summed E-state index contributed by atoms with van der Waals surface area (Å²) in [7, 11) is 1.76. The van der Waals surface area contributed by atoms with Gasteiger partial charge in [-0.25, -0.2) is 4.79 Å². The van der Waals surface area contributed by atoms with E-state index in [1.165, 1.54) is 5.57 Å². The molecule has 1 heterocycles. The summed E-state index contributed by atoms with van der Waals surface area (Å²) in [4.78, 5) is 17.8. The molecule has 0 bridgehead atoms. The number of piperidine rings is 1. The molecule has 1 saturated heterocycles. The van der Waals surface area contributed by atoms with E-state index in [-0.39, 0.29) is 6.09 Å². The maximum atomic E-state index is 11.9. The lowest BCUT2D eigenvalue weighted by Crippen LogP contribution is -2.43. The van der Waals surface area contributed by atoms with Gasteiger partial charge >= 0.3 is 6.09 Å². The molecule has 0 aromatic carbocycles. The minimum Gasteiger partial charge on any atom is -0.444 e. The quantitative estimate of drug-likeness (QED) is 0.651. The predicted octanol–water partition coefficient (Wildman–Crippen LogP) is 2.64. The molecule has 17 heavy (non-hydrogen) atoms. The van der Waals surface area contributed by atoms with Crippen LogP contribution in [0.25, 0.3) is 0 Å². The number of carbonyl (C=O) groups is 1. The fourth-order valence-electron chi connectivity index (χ4n) is 1.77. The Morgan fingerprint density at radius 1 is 1.47 bits per heavy atom. The molecule has 1 fully saturated rings. The molecule has 0 spiro atoms. The molecule has 1 aliphatic heterocycles. The average Bonchev–Trinajstić information content (AvgIpc) is 2.25. The SMILES string of the molecule is C/C=C1/CCN(C(=O)OC(C)(C)C)CC1=NC. The number of aliphatic imine (C=N–C) groups is 1. The van der Waals surface area contributed by atoms with Gasteiger partial charge in [0.2, 0.25) is 0 Å². The van der Waals surface area contributed by atoms with E-state index in [4.69, 9.17) is 4.74 Å². The molecule has 0 unspecified atom stereocenters. The van der Waals surface area contributed by atoms with Gasteiger partial charge in [-0.05, 0) is 39.7 Å². The summed E-state index contributed by atoms with van der Waals surface area (Å²) in [5.41, 5.74) is 1.76. The first-order chi connectivity index (χ1) is 7.87. The fraction of sp³-hybridized carbons (Fsp3) is 0.692. The second-order valence-electron chi connectivity index (χ2n) is 5.14. The van der Waals surface area contributed by atoms with Crippen molar-refractivity contribution in [3.05, 3.63) is 11.6 Å². The van der Waals surface area contributed by atoms with E-state index < -0.39 is 5.60 Å². The van der Waals surface area contributed by atoms with Crippen LogP contribution in [-0.2, 0) is 4.74 Å². The molecule has 0 saturated carbocycles. The summed E-state index contributed by atoms with van der Waals surface area (Å²) < 4.78 is 5.35. The van der Waals surface area contributed by atoms with Crippen molar-refractivity contribution < 1.29 is 9.53 Å². The molecule has 1 amide bonds. The smallest absolute Gasteiger partial charge is 0.410 e. The zero-order chi connectivity index (χ0) is 13.1. The van der Waals surface area contributed by atoms with E-state index in [0.29, 0.717) is 13.1 Å². The van der Waals surface area contributed by atoms with Gasteiger partial charge in [0.05, 0.1) is 12.3 Å². The van der Waals surface area contributed by atoms with Crippen LogP contribution in [0, 0.1) is 0 Å². The monoisotopic (exact) mass is 238 g/mol. The van der Waals surface area contributed by atoms with Crippen molar-refractivity contribution in [1.29, 1.82) is 0 Å². The largest absolute Gasteiger partial charge is 0.444 e. The zero-order valence-corrected chi connectivity index (χ0v) is 11.4.